The van der Waals surface area contributed by atoms with Gasteiger partial charge in [0.2, 0.25) is 5.28 Å². The van der Waals surface area contributed by atoms with E-state index in [1.165, 1.54) is 10.2 Å². The summed E-state index contributed by atoms with van der Waals surface area (Å²) >= 11 is 6.18. The van der Waals surface area contributed by atoms with Crippen molar-refractivity contribution in [3.63, 3.8) is 0 Å². The van der Waals surface area contributed by atoms with E-state index in [1.807, 2.05) is 18.2 Å². The Labute approximate surface area is 204 Å². The van der Waals surface area contributed by atoms with Crippen molar-refractivity contribution < 1.29 is 32.6 Å². The van der Waals surface area contributed by atoms with Crippen LogP contribution in [0.4, 0.5) is 5.82 Å². The minimum absolute atomic E-state index is 0.00122. The fourth-order valence-electron chi connectivity index (χ4n) is 4.54. The van der Waals surface area contributed by atoms with Crippen LogP contribution in [-0.2, 0) is 25.6 Å². The quantitative estimate of drug-likeness (QED) is 0.246. The van der Waals surface area contributed by atoms with Gasteiger partial charge in [-0.3, -0.25) is 4.57 Å². The van der Waals surface area contributed by atoms with Gasteiger partial charge in [-0.05, 0) is 35.6 Å². The van der Waals surface area contributed by atoms with E-state index in [0.29, 0.717) is 11.3 Å². The maximum atomic E-state index is 12.1. The number of halogens is 1. The molecule has 1 aliphatic carbocycles. The average Bonchev–Trinajstić information content (AvgIpc) is 3.44. The minimum Gasteiger partial charge on any atom is -0.390 e. The number of fused-ring (bicyclic) bond motifs is 2. The van der Waals surface area contributed by atoms with Crippen LogP contribution in [0.1, 0.15) is 36.2 Å². The van der Waals surface area contributed by atoms with Gasteiger partial charge in [-0.25, -0.2) is 8.42 Å². The summed E-state index contributed by atoms with van der Waals surface area (Å²) in [6.45, 7) is 0. The second-order valence-electron chi connectivity index (χ2n) is 8.62. The first kappa shape index (κ1) is 24.5. The molecule has 188 valence electrons. The summed E-state index contributed by atoms with van der Waals surface area (Å²) in [5.41, 5.74) is 1.64. The van der Waals surface area contributed by atoms with Gasteiger partial charge in [0.15, 0.2) is 38.5 Å². The predicted octanol–water partition coefficient (Wildman–Crippen LogP) is 1.17. The molecule has 1 saturated heterocycles. The lowest BCUT2D eigenvalue weighted by Gasteiger charge is -2.16. The van der Waals surface area contributed by atoms with Crippen molar-refractivity contribution in [1.82, 2.24) is 25.0 Å². The van der Waals surface area contributed by atoms with E-state index in [-0.39, 0.29) is 23.4 Å². The first-order chi connectivity index (χ1) is 16.5. The molecule has 0 spiro atoms. The summed E-state index contributed by atoms with van der Waals surface area (Å²) in [6, 6.07) is 8.09. The molecule has 0 unspecified atom stereocenters. The molecule has 3 aromatic rings. The predicted molar refractivity (Wildman–Crippen MR) is 124 cm³/mol. The summed E-state index contributed by atoms with van der Waals surface area (Å²) in [7, 11) is -8.99. The molecular formula is C19H22ClN6O7PS. The van der Waals surface area contributed by atoms with Crippen molar-refractivity contribution in [3.05, 3.63) is 40.7 Å². The second kappa shape index (κ2) is 9.04. The number of anilines is 1. The normalized spacial score (nSPS) is 24.7. The third-order valence-electron chi connectivity index (χ3n) is 6.00. The Morgan fingerprint density at radius 3 is 2.80 bits per heavy atom. The van der Waals surface area contributed by atoms with Gasteiger partial charge < -0.3 is 24.9 Å². The summed E-state index contributed by atoms with van der Waals surface area (Å²) in [5, 5.41) is 21.9. The maximum Gasteiger partial charge on any atom is 0.340 e. The van der Waals surface area contributed by atoms with Gasteiger partial charge in [0.05, 0.1) is 17.9 Å². The highest BCUT2D eigenvalue weighted by Crippen LogP contribution is 2.39. The standard InChI is InChI=1S/C19H22ClN6O7PS/c20-19-22-17(21-12-6-5-10-3-1-2-4-11(10)12)16-18(23-19)26(25-24-16)15-7-13(27)14(33-15)8-35(31,32)9-34(28,29)30/h1-4,12-15,27H,5-9H2,(H,21,22,23)(H2,28,29,30)/t12-,13-,14+,15+/m0/s1. The molecule has 4 atom stereocenters. The van der Waals surface area contributed by atoms with Gasteiger partial charge in [-0.15, -0.1) is 5.10 Å². The van der Waals surface area contributed by atoms with Gasteiger partial charge in [0.25, 0.3) is 0 Å². The summed E-state index contributed by atoms with van der Waals surface area (Å²) in [5.74, 6) is -0.376. The molecule has 16 heteroatoms. The Bertz CT molecular complexity index is 1430. The molecule has 1 aromatic carbocycles. The van der Waals surface area contributed by atoms with Crippen LogP contribution in [0.15, 0.2) is 24.3 Å². The van der Waals surface area contributed by atoms with Crippen LogP contribution in [0.3, 0.4) is 0 Å². The largest absolute Gasteiger partial charge is 0.390 e. The molecule has 0 bridgehead atoms. The Kier molecular flexibility index (Phi) is 6.33. The highest BCUT2D eigenvalue weighted by molar-refractivity contribution is 7.97. The SMILES string of the molecule is O=P(O)(O)CS(=O)(=O)C[C@H]1O[C@@H](n2nnc3c(N[C@H]4CCc5ccccc54)nc(Cl)nc32)C[C@@H]1O. The first-order valence-electron chi connectivity index (χ1n) is 10.7. The molecular weight excluding hydrogens is 523 g/mol. The van der Waals surface area contributed by atoms with E-state index in [4.69, 9.17) is 26.1 Å². The molecule has 0 amide bonds. The zero-order valence-corrected chi connectivity index (χ0v) is 20.6. The number of aliphatic hydroxyl groups is 1. The van der Waals surface area contributed by atoms with Crippen molar-refractivity contribution in [2.45, 2.75) is 43.7 Å². The average molecular weight is 545 g/mol. The number of hydrogen-bond donors (Lipinski definition) is 4. The lowest BCUT2D eigenvalue weighted by atomic mass is 10.1. The molecule has 1 fully saturated rings. The van der Waals surface area contributed by atoms with Gasteiger partial charge >= 0.3 is 7.60 Å². The Hall–Kier alpha value is -2.19. The fourth-order valence-corrected chi connectivity index (χ4v) is 7.98. The number of ether oxygens (including phenoxy) is 1. The lowest BCUT2D eigenvalue weighted by Crippen LogP contribution is -2.31. The number of sulfone groups is 1. The van der Waals surface area contributed by atoms with Crippen LogP contribution in [0.25, 0.3) is 11.2 Å². The van der Waals surface area contributed by atoms with Crippen molar-refractivity contribution in [3.8, 4) is 0 Å². The number of hydrogen-bond acceptors (Lipinski definition) is 10. The zero-order chi connectivity index (χ0) is 25.0. The van der Waals surface area contributed by atoms with E-state index in [0.717, 1.165) is 18.4 Å². The van der Waals surface area contributed by atoms with Crippen molar-refractivity contribution in [2.75, 3.05) is 16.6 Å². The fraction of sp³-hybridized carbons (Fsp3) is 0.474. The third kappa shape index (κ3) is 5.19. The minimum atomic E-state index is -4.80. The number of aryl methyl sites for hydroxylation is 1. The van der Waals surface area contributed by atoms with Crippen LogP contribution in [0.5, 0.6) is 0 Å². The van der Waals surface area contributed by atoms with Gasteiger partial charge in [0, 0.05) is 6.42 Å². The van der Waals surface area contributed by atoms with Crippen LogP contribution in [0, 0.1) is 0 Å². The third-order valence-corrected chi connectivity index (χ3v) is 9.92. The smallest absolute Gasteiger partial charge is 0.340 e. The molecule has 4 N–H and O–H groups in total. The zero-order valence-electron chi connectivity index (χ0n) is 18.1. The summed E-state index contributed by atoms with van der Waals surface area (Å²) in [6.07, 6.45) is -1.59. The molecule has 0 radical (unpaired) electrons. The van der Waals surface area contributed by atoms with Gasteiger partial charge in [-0.2, -0.15) is 14.6 Å². The molecule has 2 aromatic heterocycles. The van der Waals surface area contributed by atoms with Crippen LogP contribution in [-0.4, -0.2) is 71.7 Å². The van der Waals surface area contributed by atoms with Crippen LogP contribution < -0.4 is 5.32 Å². The van der Waals surface area contributed by atoms with Crippen molar-refractivity contribution >= 4 is 46.0 Å². The number of nitrogens with one attached hydrogen (secondary N) is 1. The lowest BCUT2D eigenvalue weighted by molar-refractivity contribution is -0.0108. The van der Waals surface area contributed by atoms with E-state index >= 15 is 0 Å². The molecule has 13 nitrogen and oxygen atoms in total. The molecule has 0 saturated carbocycles. The van der Waals surface area contributed by atoms with E-state index in [9.17, 15) is 18.1 Å². The van der Waals surface area contributed by atoms with Crippen LogP contribution in [0.2, 0.25) is 5.28 Å². The van der Waals surface area contributed by atoms with Crippen LogP contribution >= 0.6 is 19.2 Å². The Balaban J connectivity index is 1.39. The first-order valence-corrected chi connectivity index (χ1v) is 14.7. The monoisotopic (exact) mass is 544 g/mol. The number of nitrogens with zero attached hydrogens (tertiary/aromatic N) is 5. The topological polar surface area (TPSA) is 190 Å². The Morgan fingerprint density at radius 1 is 1.26 bits per heavy atom. The highest BCUT2D eigenvalue weighted by Gasteiger charge is 2.40. The molecule has 2 aliphatic rings. The van der Waals surface area contributed by atoms with E-state index in [2.05, 4.69) is 31.7 Å². The second-order valence-corrected chi connectivity index (χ2v) is 13.1. The summed E-state index contributed by atoms with van der Waals surface area (Å²) in [4.78, 5) is 26.5. The number of rotatable bonds is 7. The summed E-state index contributed by atoms with van der Waals surface area (Å²) < 4.78 is 42.4. The van der Waals surface area contributed by atoms with Crippen molar-refractivity contribution in [1.29, 1.82) is 0 Å². The van der Waals surface area contributed by atoms with E-state index < -0.39 is 47.1 Å². The number of benzene rings is 1. The van der Waals surface area contributed by atoms with Gasteiger partial charge in [-0.1, -0.05) is 29.5 Å². The van der Waals surface area contributed by atoms with E-state index in [1.54, 1.807) is 0 Å². The molecule has 3 heterocycles. The van der Waals surface area contributed by atoms with Gasteiger partial charge in [0.1, 0.15) is 6.10 Å². The molecule has 5 rings (SSSR count). The Morgan fingerprint density at radius 2 is 2.03 bits per heavy atom. The maximum absolute atomic E-state index is 12.1. The number of aromatic nitrogens is 5. The molecule has 1 aliphatic heterocycles. The number of aliphatic hydroxyl groups excluding tert-OH is 1. The molecule has 35 heavy (non-hydrogen) atoms. The highest BCUT2D eigenvalue weighted by atomic mass is 35.5. The van der Waals surface area contributed by atoms with Crippen molar-refractivity contribution in [2.24, 2.45) is 0 Å².